The van der Waals surface area contributed by atoms with E-state index in [1.165, 1.54) is 25.8 Å². The Morgan fingerprint density at radius 3 is 2.68 bits per heavy atom. The number of ether oxygens (including phenoxy) is 1. The summed E-state index contributed by atoms with van der Waals surface area (Å²) >= 11 is 0. The molecular weight excluding hydrogens is 439 g/mol. The number of furan rings is 1. The van der Waals surface area contributed by atoms with E-state index in [1.807, 2.05) is 0 Å². The largest absolute Gasteiger partial charge is 0.494 e. The van der Waals surface area contributed by atoms with Gasteiger partial charge in [-0.15, -0.1) is 0 Å². The minimum absolute atomic E-state index is 0.222. The van der Waals surface area contributed by atoms with Crippen molar-refractivity contribution in [2.24, 2.45) is 0 Å². The molecule has 34 heavy (non-hydrogen) atoms. The fourth-order valence-electron chi connectivity index (χ4n) is 3.56. The molecule has 3 N–H and O–H groups in total. The number of halogens is 1. The van der Waals surface area contributed by atoms with Gasteiger partial charge < -0.3 is 24.9 Å². The van der Waals surface area contributed by atoms with Crippen LogP contribution in [0.15, 0.2) is 66.1 Å². The smallest absolute Gasteiger partial charge is 0.247 e. The maximum Gasteiger partial charge on any atom is 0.247 e. The molecule has 2 aromatic carbocycles. The van der Waals surface area contributed by atoms with Crippen LogP contribution >= 0.6 is 0 Å². The number of aliphatic hydroxyl groups is 1. The third-order valence-electron chi connectivity index (χ3n) is 5.21. The monoisotopic (exact) mass is 462 g/mol. The molecule has 0 saturated heterocycles. The number of amides is 1. The summed E-state index contributed by atoms with van der Waals surface area (Å²) in [6.07, 6.45) is 3.97. The average Bonchev–Trinajstić information content (AvgIpc) is 3.33. The van der Waals surface area contributed by atoms with Crippen molar-refractivity contribution < 1.29 is 23.4 Å². The summed E-state index contributed by atoms with van der Waals surface area (Å²) in [4.78, 5) is 20.5. The predicted octanol–water partition coefficient (Wildman–Crippen LogP) is 5.13. The first-order valence-corrected chi connectivity index (χ1v) is 10.3. The summed E-state index contributed by atoms with van der Waals surface area (Å²) in [6, 6.07) is 9.46. The van der Waals surface area contributed by atoms with Gasteiger partial charge in [-0.25, -0.2) is 14.4 Å². The van der Waals surface area contributed by atoms with E-state index < -0.39 is 17.3 Å². The molecule has 4 rings (SSSR count). The molecule has 8 nitrogen and oxygen atoms in total. The quantitative estimate of drug-likeness (QED) is 0.327. The van der Waals surface area contributed by atoms with Gasteiger partial charge in [-0.1, -0.05) is 6.58 Å². The Morgan fingerprint density at radius 2 is 2.03 bits per heavy atom. The van der Waals surface area contributed by atoms with E-state index in [0.29, 0.717) is 45.2 Å². The SMILES string of the molecule is C=CC(=O)Nc1cc2c(Nc3cc(-c4ccco4)c(F)cc3C(C)(C)O)ncnc2cc1OC. The van der Waals surface area contributed by atoms with Gasteiger partial charge in [0.05, 0.1) is 35.7 Å². The second-order valence-electron chi connectivity index (χ2n) is 8.02. The number of fused-ring (bicyclic) bond motifs is 1. The Morgan fingerprint density at radius 1 is 1.24 bits per heavy atom. The number of hydrogen-bond acceptors (Lipinski definition) is 7. The number of benzene rings is 2. The first kappa shape index (κ1) is 22.9. The highest BCUT2D eigenvalue weighted by Gasteiger charge is 2.24. The molecule has 0 aliphatic rings. The van der Waals surface area contributed by atoms with Gasteiger partial charge in [-0.2, -0.15) is 0 Å². The highest BCUT2D eigenvalue weighted by atomic mass is 19.1. The van der Waals surface area contributed by atoms with Crippen molar-refractivity contribution in [1.29, 1.82) is 0 Å². The molecule has 2 heterocycles. The summed E-state index contributed by atoms with van der Waals surface area (Å²) in [5, 5.41) is 17.2. The number of rotatable bonds is 7. The number of aromatic nitrogens is 2. The Labute approximate surface area is 195 Å². The van der Waals surface area contributed by atoms with Crippen molar-refractivity contribution >= 4 is 34.0 Å². The predicted molar refractivity (Wildman–Crippen MR) is 128 cm³/mol. The maximum atomic E-state index is 14.9. The van der Waals surface area contributed by atoms with Gasteiger partial charge in [-0.05, 0) is 50.3 Å². The summed E-state index contributed by atoms with van der Waals surface area (Å²) in [6.45, 7) is 6.59. The zero-order chi connectivity index (χ0) is 24.5. The Kier molecular flexibility index (Phi) is 6.04. The standard InChI is InChI=1S/C25H23FN4O4/c1-5-23(31)29-20-10-15-18(12-22(20)33-4)27-13-28-24(15)30-19-9-14(21-7-6-8-34-21)17(26)11-16(19)25(2,3)32/h5-13,32H,1H2,2-4H3,(H,29,31)(H,27,28,30). The van der Waals surface area contributed by atoms with E-state index in [0.717, 1.165) is 6.08 Å². The highest BCUT2D eigenvalue weighted by Crippen LogP contribution is 2.38. The molecular formula is C25H23FN4O4. The Balaban J connectivity index is 1.87. The molecule has 174 valence electrons. The van der Waals surface area contributed by atoms with Gasteiger partial charge in [0.15, 0.2) is 0 Å². The number of nitrogens with zero attached hydrogens (tertiary/aromatic N) is 2. The molecule has 0 saturated carbocycles. The van der Waals surface area contributed by atoms with Crippen molar-refractivity contribution in [3.8, 4) is 17.1 Å². The summed E-state index contributed by atoms with van der Waals surface area (Å²) in [7, 11) is 1.48. The molecule has 0 bridgehead atoms. The van der Waals surface area contributed by atoms with Gasteiger partial charge in [0.2, 0.25) is 5.91 Å². The van der Waals surface area contributed by atoms with Crippen molar-refractivity contribution in [1.82, 2.24) is 9.97 Å². The zero-order valence-corrected chi connectivity index (χ0v) is 18.8. The van der Waals surface area contributed by atoms with Crippen LogP contribution < -0.4 is 15.4 Å². The van der Waals surface area contributed by atoms with Crippen LogP contribution in [0, 0.1) is 5.82 Å². The van der Waals surface area contributed by atoms with E-state index in [-0.39, 0.29) is 5.56 Å². The van der Waals surface area contributed by atoms with Crippen molar-refractivity contribution in [3.05, 3.63) is 73.0 Å². The number of nitrogens with one attached hydrogen (secondary N) is 2. The number of hydrogen-bond donors (Lipinski definition) is 3. The van der Waals surface area contributed by atoms with E-state index in [9.17, 15) is 14.3 Å². The lowest BCUT2D eigenvalue weighted by atomic mass is 9.94. The second-order valence-corrected chi connectivity index (χ2v) is 8.02. The normalized spacial score (nSPS) is 11.3. The Bertz CT molecular complexity index is 1380. The molecule has 0 radical (unpaired) electrons. The minimum atomic E-state index is -1.36. The van der Waals surface area contributed by atoms with E-state index >= 15 is 0 Å². The molecule has 0 fully saturated rings. The second kappa shape index (κ2) is 8.95. The fourth-order valence-corrected chi connectivity index (χ4v) is 3.56. The number of methoxy groups -OCH3 is 1. The minimum Gasteiger partial charge on any atom is -0.494 e. The van der Waals surface area contributed by atoms with Gasteiger partial charge >= 0.3 is 0 Å². The van der Waals surface area contributed by atoms with Gasteiger partial charge in [-0.3, -0.25) is 4.79 Å². The average molecular weight is 462 g/mol. The lowest BCUT2D eigenvalue weighted by Gasteiger charge is -2.23. The molecule has 9 heteroatoms. The van der Waals surface area contributed by atoms with Crippen LogP contribution in [-0.2, 0) is 10.4 Å². The third kappa shape index (κ3) is 4.46. The van der Waals surface area contributed by atoms with Crippen LogP contribution in [0.1, 0.15) is 19.4 Å². The lowest BCUT2D eigenvalue weighted by Crippen LogP contribution is -2.18. The van der Waals surface area contributed by atoms with Crippen LogP contribution in [0.3, 0.4) is 0 Å². The molecule has 0 spiro atoms. The molecule has 0 unspecified atom stereocenters. The number of carbonyl (C=O) groups excluding carboxylic acids is 1. The maximum absolute atomic E-state index is 14.9. The molecule has 2 aromatic heterocycles. The fraction of sp³-hybridized carbons (Fsp3) is 0.160. The first-order chi connectivity index (χ1) is 16.2. The molecule has 4 aromatic rings. The number of carbonyl (C=O) groups is 1. The summed E-state index contributed by atoms with van der Waals surface area (Å²) < 4.78 is 25.7. The topological polar surface area (TPSA) is 110 Å². The van der Waals surface area contributed by atoms with E-state index in [2.05, 4.69) is 27.2 Å². The highest BCUT2D eigenvalue weighted by molar-refractivity contribution is 6.03. The van der Waals surface area contributed by atoms with Crippen LogP contribution in [-0.4, -0.2) is 28.1 Å². The molecule has 1 amide bonds. The van der Waals surface area contributed by atoms with Crippen LogP contribution in [0.2, 0.25) is 0 Å². The molecule has 0 atom stereocenters. The van der Waals surface area contributed by atoms with Crippen molar-refractivity contribution in [3.63, 3.8) is 0 Å². The zero-order valence-electron chi connectivity index (χ0n) is 18.8. The van der Waals surface area contributed by atoms with Crippen LogP contribution in [0.25, 0.3) is 22.2 Å². The van der Waals surface area contributed by atoms with Crippen molar-refractivity contribution in [2.75, 3.05) is 17.7 Å². The van der Waals surface area contributed by atoms with Crippen LogP contribution in [0.4, 0.5) is 21.6 Å². The van der Waals surface area contributed by atoms with Crippen molar-refractivity contribution in [2.45, 2.75) is 19.4 Å². The van der Waals surface area contributed by atoms with Crippen LogP contribution in [0.5, 0.6) is 5.75 Å². The van der Waals surface area contributed by atoms with E-state index in [1.54, 1.807) is 44.2 Å². The van der Waals surface area contributed by atoms with Gasteiger partial charge in [0.1, 0.15) is 29.5 Å². The lowest BCUT2D eigenvalue weighted by molar-refractivity contribution is -0.111. The third-order valence-corrected chi connectivity index (χ3v) is 5.21. The van der Waals surface area contributed by atoms with Gasteiger partial charge in [0, 0.05) is 22.7 Å². The summed E-state index contributed by atoms with van der Waals surface area (Å²) in [5.74, 6) is 0.185. The first-order valence-electron chi connectivity index (χ1n) is 10.3. The van der Waals surface area contributed by atoms with E-state index in [4.69, 9.17) is 9.15 Å². The Hall–Kier alpha value is -4.24. The van der Waals surface area contributed by atoms with Gasteiger partial charge in [0.25, 0.3) is 0 Å². The molecule has 0 aliphatic heterocycles. The molecule has 0 aliphatic carbocycles. The summed E-state index contributed by atoms with van der Waals surface area (Å²) in [5.41, 5.74) is 0.549. The number of anilines is 3.